The van der Waals surface area contributed by atoms with Crippen molar-refractivity contribution >= 4 is 0 Å². The van der Waals surface area contributed by atoms with Gasteiger partial charge in [0.05, 0.1) is 12.6 Å². The van der Waals surface area contributed by atoms with Gasteiger partial charge in [-0.25, -0.2) is 0 Å². The highest BCUT2D eigenvalue weighted by molar-refractivity contribution is 4.91. The van der Waals surface area contributed by atoms with Crippen LogP contribution in [0.3, 0.4) is 0 Å². The van der Waals surface area contributed by atoms with Crippen LogP contribution in [-0.4, -0.2) is 48.6 Å². The Labute approximate surface area is 74.6 Å². The Morgan fingerprint density at radius 1 is 1.42 bits per heavy atom. The summed E-state index contributed by atoms with van der Waals surface area (Å²) in [5, 5.41) is 8.55. The molecule has 0 aliphatic carbocycles. The molecule has 0 saturated carbocycles. The van der Waals surface area contributed by atoms with Crippen molar-refractivity contribution in [1.29, 1.82) is 5.26 Å². The summed E-state index contributed by atoms with van der Waals surface area (Å²) in [6, 6.07) is 2.20. The van der Waals surface area contributed by atoms with Crippen LogP contribution in [0, 0.1) is 11.3 Å². The van der Waals surface area contributed by atoms with E-state index >= 15 is 0 Å². The van der Waals surface area contributed by atoms with E-state index in [1.54, 1.807) is 0 Å². The van der Waals surface area contributed by atoms with Crippen LogP contribution >= 0.6 is 0 Å². The number of nitrogens with zero attached hydrogens (tertiary/aromatic N) is 3. The first-order valence-corrected chi connectivity index (χ1v) is 4.37. The van der Waals surface area contributed by atoms with E-state index in [4.69, 9.17) is 5.26 Å². The average molecular weight is 167 g/mol. The third-order valence-electron chi connectivity index (χ3n) is 2.69. The van der Waals surface area contributed by atoms with E-state index in [-0.39, 0.29) is 5.54 Å². The molecular formula is C9H17N3. The maximum Gasteiger partial charge on any atom is 0.0867 e. The molecule has 0 aromatic heterocycles. The first kappa shape index (κ1) is 9.50. The Balaban J connectivity index is 2.52. The summed E-state index contributed by atoms with van der Waals surface area (Å²) in [6.07, 6.45) is 0. The lowest BCUT2D eigenvalue weighted by Crippen LogP contribution is -2.57. The van der Waals surface area contributed by atoms with Crippen molar-refractivity contribution in [3.63, 3.8) is 0 Å². The summed E-state index contributed by atoms with van der Waals surface area (Å²) in [5.41, 5.74) is 0.217. The first-order chi connectivity index (χ1) is 5.56. The monoisotopic (exact) mass is 167 g/mol. The fourth-order valence-electron chi connectivity index (χ4n) is 1.58. The zero-order chi connectivity index (χ0) is 9.19. The molecule has 0 unspecified atom stereocenters. The summed E-state index contributed by atoms with van der Waals surface area (Å²) in [5.74, 6) is 0. The SMILES string of the molecule is CN1CCN(CC#N)CC1(C)C. The molecule has 3 heteroatoms. The van der Waals surface area contributed by atoms with E-state index in [0.29, 0.717) is 6.54 Å². The smallest absolute Gasteiger partial charge is 0.0867 e. The van der Waals surface area contributed by atoms with Gasteiger partial charge in [-0.1, -0.05) is 0 Å². The van der Waals surface area contributed by atoms with E-state index in [2.05, 4.69) is 36.8 Å². The van der Waals surface area contributed by atoms with Gasteiger partial charge in [0.2, 0.25) is 0 Å². The second-order valence-corrected chi connectivity index (χ2v) is 4.10. The van der Waals surface area contributed by atoms with E-state index < -0.39 is 0 Å². The summed E-state index contributed by atoms with van der Waals surface area (Å²) in [7, 11) is 2.14. The van der Waals surface area contributed by atoms with E-state index in [1.165, 1.54) is 0 Å². The van der Waals surface area contributed by atoms with Crippen LogP contribution in [0.15, 0.2) is 0 Å². The minimum Gasteiger partial charge on any atom is -0.299 e. The molecule has 1 heterocycles. The van der Waals surface area contributed by atoms with Gasteiger partial charge in [0.15, 0.2) is 0 Å². The van der Waals surface area contributed by atoms with Crippen molar-refractivity contribution in [1.82, 2.24) is 9.80 Å². The zero-order valence-corrected chi connectivity index (χ0v) is 8.17. The molecule has 1 fully saturated rings. The van der Waals surface area contributed by atoms with Crippen molar-refractivity contribution in [3.8, 4) is 6.07 Å². The Hall–Kier alpha value is -0.590. The fraction of sp³-hybridized carbons (Fsp3) is 0.889. The third kappa shape index (κ3) is 1.96. The number of nitriles is 1. The molecule has 0 aromatic carbocycles. The van der Waals surface area contributed by atoms with Gasteiger partial charge in [-0.3, -0.25) is 9.80 Å². The average Bonchev–Trinajstić information content (AvgIpc) is 1.97. The van der Waals surface area contributed by atoms with Crippen molar-refractivity contribution in [2.75, 3.05) is 33.2 Å². The summed E-state index contributed by atoms with van der Waals surface area (Å²) < 4.78 is 0. The molecule has 0 amide bonds. The van der Waals surface area contributed by atoms with Crippen molar-refractivity contribution in [3.05, 3.63) is 0 Å². The van der Waals surface area contributed by atoms with E-state index in [1.807, 2.05) is 0 Å². The summed E-state index contributed by atoms with van der Waals surface area (Å²) in [4.78, 5) is 4.56. The standard InChI is InChI=1S/C9H17N3/c1-9(2)8-12(5-4-10)7-6-11(9)3/h5-8H2,1-3H3. The Morgan fingerprint density at radius 3 is 2.58 bits per heavy atom. The number of hydrogen-bond donors (Lipinski definition) is 0. The van der Waals surface area contributed by atoms with Crippen molar-refractivity contribution in [2.45, 2.75) is 19.4 Å². The van der Waals surface area contributed by atoms with Gasteiger partial charge in [0.1, 0.15) is 0 Å². The molecule has 1 saturated heterocycles. The minimum absolute atomic E-state index is 0.217. The van der Waals surface area contributed by atoms with Crippen LogP contribution in [0.4, 0.5) is 0 Å². The minimum atomic E-state index is 0.217. The van der Waals surface area contributed by atoms with Gasteiger partial charge in [0, 0.05) is 25.2 Å². The molecule has 0 N–H and O–H groups in total. The third-order valence-corrected chi connectivity index (χ3v) is 2.69. The van der Waals surface area contributed by atoms with E-state index in [0.717, 1.165) is 19.6 Å². The summed E-state index contributed by atoms with van der Waals surface area (Å²) in [6.45, 7) is 8.09. The molecule has 0 bridgehead atoms. The predicted molar refractivity (Wildman–Crippen MR) is 48.8 cm³/mol. The molecule has 0 atom stereocenters. The lowest BCUT2D eigenvalue weighted by Gasteiger charge is -2.44. The second kappa shape index (κ2) is 3.42. The zero-order valence-electron chi connectivity index (χ0n) is 8.17. The molecular weight excluding hydrogens is 150 g/mol. The normalized spacial score (nSPS) is 25.2. The molecule has 0 radical (unpaired) electrons. The lowest BCUT2D eigenvalue weighted by atomic mass is 10.00. The van der Waals surface area contributed by atoms with Crippen molar-refractivity contribution in [2.24, 2.45) is 0 Å². The van der Waals surface area contributed by atoms with Crippen LogP contribution in [0.2, 0.25) is 0 Å². The van der Waals surface area contributed by atoms with Crippen LogP contribution < -0.4 is 0 Å². The predicted octanol–water partition coefficient (Wildman–Crippen LogP) is 0.536. The summed E-state index contributed by atoms with van der Waals surface area (Å²) >= 11 is 0. The molecule has 1 aliphatic rings. The highest BCUT2D eigenvalue weighted by Gasteiger charge is 2.30. The molecule has 12 heavy (non-hydrogen) atoms. The first-order valence-electron chi connectivity index (χ1n) is 4.37. The molecule has 1 rings (SSSR count). The highest BCUT2D eigenvalue weighted by atomic mass is 15.3. The molecule has 0 spiro atoms. The number of rotatable bonds is 1. The quantitative estimate of drug-likeness (QED) is 0.534. The van der Waals surface area contributed by atoms with Gasteiger partial charge < -0.3 is 0 Å². The molecule has 1 aliphatic heterocycles. The van der Waals surface area contributed by atoms with Crippen LogP contribution in [-0.2, 0) is 0 Å². The Morgan fingerprint density at radius 2 is 2.08 bits per heavy atom. The Kier molecular flexibility index (Phi) is 2.71. The van der Waals surface area contributed by atoms with Gasteiger partial charge in [-0.05, 0) is 20.9 Å². The van der Waals surface area contributed by atoms with Crippen LogP contribution in [0.5, 0.6) is 0 Å². The highest BCUT2D eigenvalue weighted by Crippen LogP contribution is 2.17. The number of likely N-dealkylation sites (N-methyl/N-ethyl adjacent to an activating group) is 1. The maximum absolute atomic E-state index is 8.55. The fourth-order valence-corrected chi connectivity index (χ4v) is 1.58. The Bertz CT molecular complexity index is 192. The van der Waals surface area contributed by atoms with Crippen LogP contribution in [0.25, 0.3) is 0 Å². The molecule has 3 nitrogen and oxygen atoms in total. The van der Waals surface area contributed by atoms with E-state index in [9.17, 15) is 0 Å². The number of hydrogen-bond acceptors (Lipinski definition) is 3. The topological polar surface area (TPSA) is 30.3 Å². The van der Waals surface area contributed by atoms with Crippen molar-refractivity contribution < 1.29 is 0 Å². The number of piperazine rings is 1. The van der Waals surface area contributed by atoms with Crippen LogP contribution in [0.1, 0.15) is 13.8 Å². The maximum atomic E-state index is 8.55. The molecule has 68 valence electrons. The van der Waals surface area contributed by atoms with Gasteiger partial charge >= 0.3 is 0 Å². The molecule has 0 aromatic rings. The lowest BCUT2D eigenvalue weighted by molar-refractivity contribution is 0.0472. The van der Waals surface area contributed by atoms with Gasteiger partial charge in [0.25, 0.3) is 0 Å². The second-order valence-electron chi connectivity index (χ2n) is 4.10. The van der Waals surface area contributed by atoms with Gasteiger partial charge in [-0.15, -0.1) is 0 Å². The largest absolute Gasteiger partial charge is 0.299 e. The van der Waals surface area contributed by atoms with Gasteiger partial charge in [-0.2, -0.15) is 5.26 Å².